The lowest BCUT2D eigenvalue weighted by atomic mass is 9.95. The molecule has 2 heterocycles. The van der Waals surface area contributed by atoms with Crippen LogP contribution in [-0.2, 0) is 11.3 Å². The number of phenolic OH excluding ortho intramolecular Hbond substituents is 1. The standard InChI is InChI=1S/C25H30N6O3/c1-2-12-29-14-16-30(17-15-29)24(21-5-3-6-22(32)18-21)19-8-10-20(11-9-19)25-26-27-28-31(25)13-4-7-23(33)34/h2-3,5-6,8-11,18,24,32H,1,4,7,12-17H2,(H,33,34)/p-1. The predicted octanol–water partition coefficient (Wildman–Crippen LogP) is 1.47. The van der Waals surface area contributed by atoms with Gasteiger partial charge in [-0.05, 0) is 46.5 Å². The molecular formula is C25H29N6O3-. The van der Waals surface area contributed by atoms with Crippen LogP contribution in [0.25, 0.3) is 11.4 Å². The van der Waals surface area contributed by atoms with Crippen molar-refractivity contribution in [2.75, 3.05) is 32.7 Å². The number of aromatic nitrogens is 4. The summed E-state index contributed by atoms with van der Waals surface area (Å²) < 4.78 is 1.61. The van der Waals surface area contributed by atoms with Gasteiger partial charge in [0.25, 0.3) is 0 Å². The first-order valence-electron chi connectivity index (χ1n) is 11.5. The van der Waals surface area contributed by atoms with E-state index in [1.807, 2.05) is 36.4 Å². The number of rotatable bonds is 10. The highest BCUT2D eigenvalue weighted by atomic mass is 16.4. The summed E-state index contributed by atoms with van der Waals surface area (Å²) in [6, 6.07) is 15.6. The van der Waals surface area contributed by atoms with Crippen molar-refractivity contribution in [1.29, 1.82) is 0 Å². The quantitative estimate of drug-likeness (QED) is 0.452. The molecule has 0 amide bonds. The molecule has 4 rings (SSSR count). The molecule has 0 spiro atoms. The van der Waals surface area contributed by atoms with E-state index in [2.05, 4.69) is 44.0 Å². The summed E-state index contributed by atoms with van der Waals surface area (Å²) in [5.41, 5.74) is 3.01. The maximum Gasteiger partial charge on any atom is 0.182 e. The number of hydrogen-bond donors (Lipinski definition) is 1. The van der Waals surface area contributed by atoms with Crippen molar-refractivity contribution >= 4 is 5.97 Å². The van der Waals surface area contributed by atoms with Crippen LogP contribution in [0.15, 0.2) is 61.2 Å². The molecule has 2 aromatic carbocycles. The summed E-state index contributed by atoms with van der Waals surface area (Å²) >= 11 is 0. The number of aromatic hydroxyl groups is 1. The molecule has 1 N–H and O–H groups in total. The van der Waals surface area contributed by atoms with Gasteiger partial charge in [-0.15, -0.1) is 11.7 Å². The van der Waals surface area contributed by atoms with E-state index in [1.165, 1.54) is 0 Å². The van der Waals surface area contributed by atoms with Gasteiger partial charge >= 0.3 is 0 Å². The Morgan fingerprint density at radius 2 is 1.88 bits per heavy atom. The van der Waals surface area contributed by atoms with Gasteiger partial charge in [0.2, 0.25) is 0 Å². The third-order valence-electron chi connectivity index (χ3n) is 6.11. The van der Waals surface area contributed by atoms with Gasteiger partial charge in [-0.3, -0.25) is 9.80 Å². The molecular weight excluding hydrogens is 432 g/mol. The minimum absolute atomic E-state index is 0.00564. The maximum absolute atomic E-state index is 10.7. The average molecular weight is 462 g/mol. The van der Waals surface area contributed by atoms with Gasteiger partial charge < -0.3 is 15.0 Å². The van der Waals surface area contributed by atoms with Crippen LogP contribution in [0, 0.1) is 0 Å². The van der Waals surface area contributed by atoms with Crippen LogP contribution in [-0.4, -0.2) is 73.8 Å². The third-order valence-corrected chi connectivity index (χ3v) is 6.11. The van der Waals surface area contributed by atoms with Crippen LogP contribution in [0.5, 0.6) is 5.75 Å². The average Bonchev–Trinajstić information content (AvgIpc) is 3.29. The van der Waals surface area contributed by atoms with Gasteiger partial charge in [0, 0.05) is 50.8 Å². The number of piperazine rings is 1. The zero-order valence-electron chi connectivity index (χ0n) is 19.1. The van der Waals surface area contributed by atoms with E-state index in [0.29, 0.717) is 18.8 Å². The van der Waals surface area contributed by atoms with E-state index < -0.39 is 5.97 Å². The second kappa shape index (κ2) is 11.0. The zero-order chi connectivity index (χ0) is 23.9. The molecule has 1 aliphatic heterocycles. The molecule has 1 aromatic heterocycles. The normalized spacial score (nSPS) is 15.8. The lowest BCUT2D eigenvalue weighted by molar-refractivity contribution is -0.305. The molecule has 1 fully saturated rings. The zero-order valence-corrected chi connectivity index (χ0v) is 19.1. The van der Waals surface area contributed by atoms with Crippen LogP contribution in [0.4, 0.5) is 0 Å². The van der Waals surface area contributed by atoms with Crippen LogP contribution >= 0.6 is 0 Å². The Morgan fingerprint density at radius 3 is 2.56 bits per heavy atom. The minimum Gasteiger partial charge on any atom is -0.550 e. The summed E-state index contributed by atoms with van der Waals surface area (Å²) in [4.78, 5) is 15.5. The van der Waals surface area contributed by atoms with E-state index in [9.17, 15) is 15.0 Å². The third kappa shape index (κ3) is 5.67. The molecule has 34 heavy (non-hydrogen) atoms. The molecule has 9 nitrogen and oxygen atoms in total. The van der Waals surface area contributed by atoms with E-state index in [1.54, 1.807) is 10.7 Å². The number of aliphatic carboxylic acids is 1. The molecule has 1 unspecified atom stereocenters. The Balaban J connectivity index is 1.57. The number of hydrogen-bond acceptors (Lipinski definition) is 8. The second-order valence-electron chi connectivity index (χ2n) is 8.45. The number of benzene rings is 2. The van der Waals surface area contributed by atoms with Crippen molar-refractivity contribution in [3.05, 3.63) is 72.3 Å². The van der Waals surface area contributed by atoms with Gasteiger partial charge in [-0.1, -0.05) is 42.5 Å². The SMILES string of the molecule is C=CCN1CCN(C(c2ccc(-c3nnnn3CCCC(=O)[O-])cc2)c2cccc(O)c2)CC1. The number of carboxylic acids is 1. The Morgan fingerprint density at radius 1 is 1.12 bits per heavy atom. The van der Waals surface area contributed by atoms with Crippen molar-refractivity contribution in [3.63, 3.8) is 0 Å². The lowest BCUT2D eigenvalue weighted by Gasteiger charge is -2.39. The summed E-state index contributed by atoms with van der Waals surface area (Å²) in [7, 11) is 0. The smallest absolute Gasteiger partial charge is 0.182 e. The fourth-order valence-electron chi connectivity index (χ4n) is 4.45. The molecule has 1 aliphatic rings. The van der Waals surface area contributed by atoms with E-state index in [0.717, 1.165) is 49.4 Å². The van der Waals surface area contributed by atoms with Crippen molar-refractivity contribution in [3.8, 4) is 17.1 Å². The van der Waals surface area contributed by atoms with Gasteiger partial charge in [0.1, 0.15) is 5.75 Å². The Bertz CT molecular complexity index is 1110. The van der Waals surface area contributed by atoms with Gasteiger partial charge in [-0.2, -0.15) is 0 Å². The topological polar surface area (TPSA) is 110 Å². The number of tetrazole rings is 1. The molecule has 9 heteroatoms. The molecule has 0 aliphatic carbocycles. The van der Waals surface area contributed by atoms with Crippen molar-refractivity contribution in [1.82, 2.24) is 30.0 Å². The first-order chi connectivity index (χ1) is 16.5. The molecule has 0 radical (unpaired) electrons. The van der Waals surface area contributed by atoms with E-state index >= 15 is 0 Å². The molecule has 3 aromatic rings. The monoisotopic (exact) mass is 461 g/mol. The van der Waals surface area contributed by atoms with Crippen molar-refractivity contribution < 1.29 is 15.0 Å². The van der Waals surface area contributed by atoms with Gasteiger partial charge in [0.05, 0.1) is 6.04 Å². The maximum atomic E-state index is 10.7. The molecule has 1 saturated heterocycles. The van der Waals surface area contributed by atoms with Crippen LogP contribution in [0.2, 0.25) is 0 Å². The van der Waals surface area contributed by atoms with Gasteiger partial charge in [0.15, 0.2) is 5.82 Å². The van der Waals surface area contributed by atoms with Crippen LogP contribution in [0.1, 0.15) is 30.0 Å². The van der Waals surface area contributed by atoms with Crippen LogP contribution < -0.4 is 5.11 Å². The largest absolute Gasteiger partial charge is 0.550 e. The summed E-state index contributed by atoms with van der Waals surface area (Å²) in [6.07, 6.45) is 2.30. The number of carbonyl (C=O) groups is 1. The summed E-state index contributed by atoms with van der Waals surface area (Å²) in [6.45, 7) is 8.87. The minimum atomic E-state index is -1.08. The first-order valence-corrected chi connectivity index (χ1v) is 11.5. The molecule has 1 atom stereocenters. The second-order valence-corrected chi connectivity index (χ2v) is 8.45. The highest BCUT2D eigenvalue weighted by Crippen LogP contribution is 2.32. The van der Waals surface area contributed by atoms with Crippen LogP contribution in [0.3, 0.4) is 0 Å². The fraction of sp³-hybridized carbons (Fsp3) is 0.360. The highest BCUT2D eigenvalue weighted by molar-refractivity contribution is 5.64. The number of carbonyl (C=O) groups excluding carboxylic acids is 1. The number of carboxylic acid groups (broad SMARTS) is 1. The number of nitrogens with zero attached hydrogens (tertiary/aromatic N) is 6. The predicted molar refractivity (Wildman–Crippen MR) is 126 cm³/mol. The highest BCUT2D eigenvalue weighted by Gasteiger charge is 2.26. The number of phenols is 1. The molecule has 178 valence electrons. The summed E-state index contributed by atoms with van der Waals surface area (Å²) in [5, 5.41) is 32.7. The first kappa shape index (κ1) is 23.6. The number of aryl methyl sites for hydroxylation is 1. The van der Waals surface area contributed by atoms with Gasteiger partial charge in [-0.25, -0.2) is 4.68 Å². The summed E-state index contributed by atoms with van der Waals surface area (Å²) in [5.74, 6) is -0.237. The van der Waals surface area contributed by atoms with Crippen molar-refractivity contribution in [2.45, 2.75) is 25.4 Å². The van der Waals surface area contributed by atoms with E-state index in [-0.39, 0.29) is 18.2 Å². The fourth-order valence-corrected chi connectivity index (χ4v) is 4.45. The molecule has 0 bridgehead atoms. The Hall–Kier alpha value is -3.56. The Labute approximate surface area is 198 Å². The Kier molecular flexibility index (Phi) is 7.66. The lowest BCUT2D eigenvalue weighted by Crippen LogP contribution is -2.47. The van der Waals surface area contributed by atoms with Crippen molar-refractivity contribution in [2.24, 2.45) is 0 Å². The van der Waals surface area contributed by atoms with E-state index in [4.69, 9.17) is 0 Å². The molecule has 0 saturated carbocycles.